The largest absolute Gasteiger partial charge is 0.497 e. The molecule has 0 saturated carbocycles. The normalized spacial score (nSPS) is 18.2. The zero-order valence-electron chi connectivity index (χ0n) is 14.1. The van der Waals surface area contributed by atoms with Gasteiger partial charge in [-0.2, -0.15) is 0 Å². The molecule has 0 radical (unpaired) electrons. The first-order valence-electron chi connectivity index (χ1n) is 7.65. The minimum absolute atomic E-state index is 0.168. The van der Waals surface area contributed by atoms with Crippen molar-refractivity contribution >= 4 is 11.8 Å². The molecule has 1 saturated heterocycles. The lowest BCUT2D eigenvalue weighted by atomic mass is 10.2. The van der Waals surface area contributed by atoms with Crippen LogP contribution in [0.1, 0.15) is 27.2 Å². The van der Waals surface area contributed by atoms with E-state index in [2.05, 4.69) is 11.0 Å². The van der Waals surface area contributed by atoms with Crippen molar-refractivity contribution in [1.29, 1.82) is 0 Å². The van der Waals surface area contributed by atoms with Crippen molar-refractivity contribution in [3.8, 4) is 5.75 Å². The summed E-state index contributed by atoms with van der Waals surface area (Å²) in [5, 5.41) is 0. The highest BCUT2D eigenvalue weighted by molar-refractivity contribution is 5.68. The van der Waals surface area contributed by atoms with Crippen molar-refractivity contribution in [2.24, 2.45) is 0 Å². The fraction of sp³-hybridized carbons (Fsp3) is 0.588. The van der Waals surface area contributed by atoms with E-state index in [-0.39, 0.29) is 12.1 Å². The van der Waals surface area contributed by atoms with Crippen molar-refractivity contribution in [2.75, 3.05) is 32.1 Å². The molecule has 0 unspecified atom stereocenters. The van der Waals surface area contributed by atoms with Gasteiger partial charge in [-0.1, -0.05) is 6.07 Å². The van der Waals surface area contributed by atoms with Crippen LogP contribution < -0.4 is 9.64 Å². The Morgan fingerprint density at radius 1 is 1.36 bits per heavy atom. The summed E-state index contributed by atoms with van der Waals surface area (Å²) >= 11 is 0. The highest BCUT2D eigenvalue weighted by Crippen LogP contribution is 2.26. The molecule has 0 spiro atoms. The number of nitrogens with zero attached hydrogens (tertiary/aromatic N) is 2. The molecule has 1 heterocycles. The average molecular weight is 306 g/mol. The van der Waals surface area contributed by atoms with Gasteiger partial charge in [0.2, 0.25) is 0 Å². The second-order valence-electron chi connectivity index (χ2n) is 6.68. The van der Waals surface area contributed by atoms with Gasteiger partial charge in [-0.3, -0.25) is 0 Å². The first-order valence-corrected chi connectivity index (χ1v) is 7.65. The summed E-state index contributed by atoms with van der Waals surface area (Å²) in [5.74, 6) is 0.849. The van der Waals surface area contributed by atoms with Gasteiger partial charge in [-0.05, 0) is 39.3 Å². The van der Waals surface area contributed by atoms with Gasteiger partial charge < -0.3 is 19.3 Å². The fourth-order valence-electron chi connectivity index (χ4n) is 2.58. The lowest BCUT2D eigenvalue weighted by Gasteiger charge is -2.28. The predicted octanol–water partition coefficient (Wildman–Crippen LogP) is 3.14. The van der Waals surface area contributed by atoms with E-state index in [1.54, 1.807) is 12.0 Å². The summed E-state index contributed by atoms with van der Waals surface area (Å²) in [6, 6.07) is 8.18. The van der Waals surface area contributed by atoms with Crippen LogP contribution in [0.2, 0.25) is 0 Å². The lowest BCUT2D eigenvalue weighted by molar-refractivity contribution is 0.0238. The van der Waals surface area contributed by atoms with E-state index in [1.165, 1.54) is 0 Å². The van der Waals surface area contributed by atoms with Crippen molar-refractivity contribution in [1.82, 2.24) is 4.90 Å². The minimum Gasteiger partial charge on any atom is -0.497 e. The molecule has 1 fully saturated rings. The van der Waals surface area contributed by atoms with Gasteiger partial charge in [-0.25, -0.2) is 4.79 Å². The van der Waals surface area contributed by atoms with Crippen LogP contribution in [0, 0.1) is 0 Å². The van der Waals surface area contributed by atoms with Gasteiger partial charge >= 0.3 is 6.09 Å². The number of likely N-dealkylation sites (N-methyl/N-ethyl adjacent to an activating group) is 1. The monoisotopic (exact) mass is 306 g/mol. The van der Waals surface area contributed by atoms with Crippen LogP contribution in [0.3, 0.4) is 0 Å². The first-order chi connectivity index (χ1) is 10.3. The van der Waals surface area contributed by atoms with Crippen LogP contribution in [0.5, 0.6) is 5.75 Å². The molecular weight excluding hydrogens is 280 g/mol. The molecule has 1 atom stereocenters. The molecule has 5 heteroatoms. The summed E-state index contributed by atoms with van der Waals surface area (Å²) in [4.78, 5) is 16.1. The van der Waals surface area contributed by atoms with E-state index in [0.29, 0.717) is 0 Å². The summed E-state index contributed by atoms with van der Waals surface area (Å²) < 4.78 is 10.7. The SMILES string of the molecule is COc1cccc(N2CC[C@H](N(C)C(=O)OC(C)(C)C)C2)c1. The molecule has 0 aromatic heterocycles. The number of hydrogen-bond acceptors (Lipinski definition) is 4. The standard InChI is InChI=1S/C17H26N2O3/c1-17(2,3)22-16(20)18(4)14-9-10-19(12-14)13-7-6-8-15(11-13)21-5/h6-8,11,14H,9-10,12H2,1-5H3/t14-/m0/s1. The van der Waals surface area contributed by atoms with Gasteiger partial charge in [0, 0.05) is 31.9 Å². The maximum absolute atomic E-state index is 12.2. The van der Waals surface area contributed by atoms with E-state index in [0.717, 1.165) is 30.9 Å². The molecule has 122 valence electrons. The Kier molecular flexibility index (Phi) is 4.84. The van der Waals surface area contributed by atoms with Gasteiger partial charge in [0.05, 0.1) is 13.2 Å². The lowest BCUT2D eigenvalue weighted by Crippen LogP contribution is -2.42. The molecule has 2 rings (SSSR count). The zero-order chi connectivity index (χ0) is 16.3. The van der Waals surface area contributed by atoms with E-state index >= 15 is 0 Å². The summed E-state index contributed by atoms with van der Waals surface area (Å²) in [6.07, 6.45) is 0.678. The summed E-state index contributed by atoms with van der Waals surface area (Å²) in [5.41, 5.74) is 0.663. The van der Waals surface area contributed by atoms with Gasteiger partial charge in [-0.15, -0.1) is 0 Å². The van der Waals surface area contributed by atoms with Crippen molar-refractivity contribution in [3.63, 3.8) is 0 Å². The van der Waals surface area contributed by atoms with Crippen LogP contribution in [-0.2, 0) is 4.74 Å². The fourth-order valence-corrected chi connectivity index (χ4v) is 2.58. The number of methoxy groups -OCH3 is 1. The molecule has 1 aromatic carbocycles. The van der Waals surface area contributed by atoms with E-state index in [9.17, 15) is 4.79 Å². The molecular formula is C17H26N2O3. The number of carbonyl (C=O) groups is 1. The Labute approximate surface area is 132 Å². The predicted molar refractivity (Wildman–Crippen MR) is 87.6 cm³/mol. The van der Waals surface area contributed by atoms with E-state index in [4.69, 9.17) is 9.47 Å². The Balaban J connectivity index is 1.98. The van der Waals surface area contributed by atoms with Crippen molar-refractivity contribution < 1.29 is 14.3 Å². The van der Waals surface area contributed by atoms with Crippen molar-refractivity contribution in [2.45, 2.75) is 38.8 Å². The van der Waals surface area contributed by atoms with Crippen LogP contribution in [0.25, 0.3) is 0 Å². The first kappa shape index (κ1) is 16.5. The molecule has 1 aromatic rings. The van der Waals surface area contributed by atoms with Crippen LogP contribution in [-0.4, -0.2) is 49.9 Å². The third-order valence-corrected chi connectivity index (χ3v) is 3.81. The quantitative estimate of drug-likeness (QED) is 0.860. The molecule has 5 nitrogen and oxygen atoms in total. The number of carbonyl (C=O) groups excluding carboxylic acids is 1. The molecule has 0 N–H and O–H groups in total. The van der Waals surface area contributed by atoms with E-state index < -0.39 is 5.60 Å². The van der Waals surface area contributed by atoms with E-state index in [1.807, 2.05) is 46.0 Å². The third-order valence-electron chi connectivity index (χ3n) is 3.81. The number of anilines is 1. The number of rotatable bonds is 3. The third kappa shape index (κ3) is 4.06. The molecule has 0 bridgehead atoms. The molecule has 1 amide bonds. The van der Waals surface area contributed by atoms with Gasteiger partial charge in [0.25, 0.3) is 0 Å². The van der Waals surface area contributed by atoms with Crippen LogP contribution >= 0.6 is 0 Å². The summed E-state index contributed by atoms with van der Waals surface area (Å²) in [6.45, 7) is 7.38. The molecule has 22 heavy (non-hydrogen) atoms. The molecule has 0 aliphatic carbocycles. The number of benzene rings is 1. The van der Waals surface area contributed by atoms with Crippen LogP contribution in [0.4, 0.5) is 10.5 Å². The topological polar surface area (TPSA) is 42.0 Å². The zero-order valence-corrected chi connectivity index (χ0v) is 14.1. The van der Waals surface area contributed by atoms with Gasteiger partial charge in [0.1, 0.15) is 11.4 Å². The average Bonchev–Trinajstić information content (AvgIpc) is 2.94. The maximum Gasteiger partial charge on any atom is 0.410 e. The van der Waals surface area contributed by atoms with Crippen molar-refractivity contribution in [3.05, 3.63) is 24.3 Å². The second kappa shape index (κ2) is 6.46. The van der Waals surface area contributed by atoms with Gasteiger partial charge in [0.15, 0.2) is 0 Å². The smallest absolute Gasteiger partial charge is 0.410 e. The molecule has 1 aliphatic rings. The number of amides is 1. The Bertz CT molecular complexity index is 525. The second-order valence-corrected chi connectivity index (χ2v) is 6.68. The Morgan fingerprint density at radius 2 is 2.09 bits per heavy atom. The summed E-state index contributed by atoms with van der Waals surface area (Å²) in [7, 11) is 3.48. The maximum atomic E-state index is 12.2. The highest BCUT2D eigenvalue weighted by Gasteiger charge is 2.31. The Morgan fingerprint density at radius 3 is 2.73 bits per heavy atom. The minimum atomic E-state index is -0.462. The number of ether oxygens (including phenoxy) is 2. The Hall–Kier alpha value is -1.91. The number of hydrogen-bond donors (Lipinski definition) is 0. The highest BCUT2D eigenvalue weighted by atomic mass is 16.6. The van der Waals surface area contributed by atoms with Crippen LogP contribution in [0.15, 0.2) is 24.3 Å². The molecule has 1 aliphatic heterocycles.